The van der Waals surface area contributed by atoms with Crippen LogP contribution in [0.4, 0.5) is 5.82 Å². The number of amides is 1. The van der Waals surface area contributed by atoms with Gasteiger partial charge >= 0.3 is 0 Å². The maximum absolute atomic E-state index is 12.5. The van der Waals surface area contributed by atoms with Gasteiger partial charge in [-0.25, -0.2) is 18.1 Å². The molecular weight excluding hydrogens is 350 g/mol. The minimum absolute atomic E-state index is 0.0466. The number of para-hydroxylation sites is 1. The average molecular weight is 369 g/mol. The predicted molar refractivity (Wildman–Crippen MR) is 102 cm³/mol. The molecule has 7 heteroatoms. The van der Waals surface area contributed by atoms with E-state index in [2.05, 4.69) is 15.0 Å². The van der Waals surface area contributed by atoms with Crippen molar-refractivity contribution < 1.29 is 13.2 Å². The van der Waals surface area contributed by atoms with Crippen LogP contribution in [-0.4, -0.2) is 25.4 Å². The number of rotatable bonds is 5. The number of fused-ring (bicyclic) bond motifs is 1. The summed E-state index contributed by atoms with van der Waals surface area (Å²) in [6.07, 6.45) is 0. The van der Waals surface area contributed by atoms with Crippen molar-refractivity contribution in [1.82, 2.24) is 9.71 Å². The van der Waals surface area contributed by atoms with Crippen molar-refractivity contribution in [2.24, 2.45) is 0 Å². The molecule has 1 amide bonds. The summed E-state index contributed by atoms with van der Waals surface area (Å²) in [7, 11) is -3.66. The van der Waals surface area contributed by atoms with Gasteiger partial charge in [-0.2, -0.15) is 0 Å². The van der Waals surface area contributed by atoms with Crippen LogP contribution in [0.15, 0.2) is 65.6 Å². The van der Waals surface area contributed by atoms with Crippen LogP contribution >= 0.6 is 0 Å². The fourth-order valence-corrected chi connectivity index (χ4v) is 3.80. The largest absolute Gasteiger partial charge is 0.307 e. The number of sulfonamides is 1. The Morgan fingerprint density at radius 3 is 2.54 bits per heavy atom. The summed E-state index contributed by atoms with van der Waals surface area (Å²) in [5, 5.41) is 3.68. The first kappa shape index (κ1) is 18.0. The van der Waals surface area contributed by atoms with Gasteiger partial charge in [0.2, 0.25) is 10.0 Å². The van der Waals surface area contributed by atoms with Gasteiger partial charge in [-0.05, 0) is 50.2 Å². The van der Waals surface area contributed by atoms with Crippen molar-refractivity contribution in [2.45, 2.75) is 24.8 Å². The molecule has 0 saturated heterocycles. The van der Waals surface area contributed by atoms with E-state index < -0.39 is 15.9 Å². The van der Waals surface area contributed by atoms with E-state index >= 15 is 0 Å². The van der Waals surface area contributed by atoms with Crippen LogP contribution in [0.2, 0.25) is 0 Å². The van der Waals surface area contributed by atoms with E-state index in [1.165, 1.54) is 18.2 Å². The van der Waals surface area contributed by atoms with E-state index in [1.807, 2.05) is 30.3 Å². The summed E-state index contributed by atoms with van der Waals surface area (Å²) in [6.45, 7) is 3.47. The lowest BCUT2D eigenvalue weighted by Gasteiger charge is -2.11. The third-order valence-corrected chi connectivity index (χ3v) is 5.29. The third kappa shape index (κ3) is 4.07. The molecule has 0 bridgehead atoms. The van der Waals surface area contributed by atoms with Crippen molar-refractivity contribution in [3.05, 3.63) is 66.2 Å². The monoisotopic (exact) mass is 369 g/mol. The molecule has 0 spiro atoms. The minimum Gasteiger partial charge on any atom is -0.307 e. The summed E-state index contributed by atoms with van der Waals surface area (Å²) in [5.74, 6) is -0.0170. The maximum Gasteiger partial charge on any atom is 0.256 e. The number of aromatic nitrogens is 1. The van der Waals surface area contributed by atoms with Crippen LogP contribution in [-0.2, 0) is 10.0 Å². The molecule has 0 aliphatic carbocycles. The first-order chi connectivity index (χ1) is 12.3. The van der Waals surface area contributed by atoms with Crippen molar-refractivity contribution in [3.63, 3.8) is 0 Å². The van der Waals surface area contributed by atoms with Gasteiger partial charge in [0.1, 0.15) is 5.82 Å². The fraction of sp³-hybridized carbons (Fsp3) is 0.158. The molecule has 0 saturated carbocycles. The summed E-state index contributed by atoms with van der Waals surface area (Å²) in [4.78, 5) is 16.9. The average Bonchev–Trinajstić information content (AvgIpc) is 2.60. The fourth-order valence-electron chi connectivity index (χ4n) is 2.51. The van der Waals surface area contributed by atoms with Gasteiger partial charge in [-0.15, -0.1) is 0 Å². The van der Waals surface area contributed by atoms with E-state index in [0.717, 1.165) is 10.9 Å². The van der Waals surface area contributed by atoms with E-state index in [4.69, 9.17) is 0 Å². The molecule has 6 nitrogen and oxygen atoms in total. The molecule has 1 aromatic heterocycles. The number of nitrogens with one attached hydrogen (secondary N) is 2. The van der Waals surface area contributed by atoms with E-state index in [0.29, 0.717) is 5.82 Å². The summed E-state index contributed by atoms with van der Waals surface area (Å²) < 4.78 is 27.0. The molecule has 0 unspecified atom stereocenters. The third-order valence-electron chi connectivity index (χ3n) is 3.64. The van der Waals surface area contributed by atoms with Gasteiger partial charge in [0.15, 0.2) is 0 Å². The van der Waals surface area contributed by atoms with Crippen LogP contribution < -0.4 is 10.0 Å². The van der Waals surface area contributed by atoms with Gasteiger partial charge in [0.25, 0.3) is 5.91 Å². The number of nitrogens with zero attached hydrogens (tertiary/aromatic N) is 1. The molecule has 134 valence electrons. The standard InChI is InChI=1S/C19H19N3O3S/c1-13(2)22-26(24,25)16-8-5-7-15(12-16)19(23)21-18-11-10-14-6-3-4-9-17(14)20-18/h3-13,22H,1-2H3,(H,20,21,23). The number of hydrogen-bond donors (Lipinski definition) is 2. The zero-order valence-electron chi connectivity index (χ0n) is 14.4. The molecule has 3 aromatic rings. The van der Waals surface area contributed by atoms with Gasteiger partial charge < -0.3 is 5.32 Å². The highest BCUT2D eigenvalue weighted by Crippen LogP contribution is 2.17. The second kappa shape index (κ2) is 7.23. The maximum atomic E-state index is 12.5. The molecule has 2 aromatic carbocycles. The van der Waals surface area contributed by atoms with Gasteiger partial charge in [-0.1, -0.05) is 24.3 Å². The van der Waals surface area contributed by atoms with E-state index in [1.54, 1.807) is 26.0 Å². The Labute approximate surface area is 152 Å². The number of carbonyl (C=O) groups is 1. The second-order valence-electron chi connectivity index (χ2n) is 6.15. The van der Waals surface area contributed by atoms with Gasteiger partial charge in [0.05, 0.1) is 10.4 Å². The molecule has 1 heterocycles. The summed E-state index contributed by atoms with van der Waals surface area (Å²) >= 11 is 0. The van der Waals surface area contributed by atoms with Gasteiger partial charge in [0, 0.05) is 17.0 Å². The zero-order chi connectivity index (χ0) is 18.7. The van der Waals surface area contributed by atoms with Crippen LogP contribution in [0.1, 0.15) is 24.2 Å². The molecule has 0 aliphatic rings. The number of anilines is 1. The Morgan fingerprint density at radius 1 is 1.00 bits per heavy atom. The van der Waals surface area contributed by atoms with E-state index in [-0.39, 0.29) is 16.5 Å². The smallest absolute Gasteiger partial charge is 0.256 e. The zero-order valence-corrected chi connectivity index (χ0v) is 15.2. The van der Waals surface area contributed by atoms with E-state index in [9.17, 15) is 13.2 Å². The lowest BCUT2D eigenvalue weighted by Crippen LogP contribution is -2.30. The SMILES string of the molecule is CC(C)NS(=O)(=O)c1cccc(C(=O)Nc2ccc3ccccc3n2)c1. The van der Waals surface area contributed by atoms with Crippen LogP contribution in [0.25, 0.3) is 10.9 Å². The van der Waals surface area contributed by atoms with Crippen molar-refractivity contribution >= 4 is 32.7 Å². The molecular formula is C19H19N3O3S. The molecule has 2 N–H and O–H groups in total. The summed E-state index contributed by atoms with van der Waals surface area (Å²) in [5.41, 5.74) is 1.01. The Balaban J connectivity index is 1.84. The number of hydrogen-bond acceptors (Lipinski definition) is 4. The Morgan fingerprint density at radius 2 is 1.77 bits per heavy atom. The number of pyridine rings is 1. The molecule has 0 aliphatic heterocycles. The first-order valence-corrected chi connectivity index (χ1v) is 9.63. The second-order valence-corrected chi connectivity index (χ2v) is 7.86. The topological polar surface area (TPSA) is 88.2 Å². The number of carbonyl (C=O) groups excluding carboxylic acids is 1. The molecule has 26 heavy (non-hydrogen) atoms. The number of benzene rings is 2. The molecule has 0 atom stereocenters. The highest BCUT2D eigenvalue weighted by Gasteiger charge is 2.17. The van der Waals surface area contributed by atoms with Crippen LogP contribution in [0.5, 0.6) is 0 Å². The molecule has 0 fully saturated rings. The lowest BCUT2D eigenvalue weighted by molar-refractivity contribution is 0.102. The van der Waals surface area contributed by atoms with Crippen molar-refractivity contribution in [2.75, 3.05) is 5.32 Å². The Hall–Kier alpha value is -2.77. The van der Waals surface area contributed by atoms with Crippen molar-refractivity contribution in [1.29, 1.82) is 0 Å². The molecule has 3 rings (SSSR count). The first-order valence-electron chi connectivity index (χ1n) is 8.15. The summed E-state index contributed by atoms with van der Waals surface area (Å²) in [6, 6.07) is 16.8. The minimum atomic E-state index is -3.66. The lowest BCUT2D eigenvalue weighted by atomic mass is 10.2. The van der Waals surface area contributed by atoms with Crippen molar-refractivity contribution in [3.8, 4) is 0 Å². The van der Waals surface area contributed by atoms with Crippen LogP contribution in [0.3, 0.4) is 0 Å². The van der Waals surface area contributed by atoms with Crippen LogP contribution in [0, 0.1) is 0 Å². The predicted octanol–water partition coefficient (Wildman–Crippen LogP) is 3.17. The highest BCUT2D eigenvalue weighted by atomic mass is 32.2. The molecule has 0 radical (unpaired) electrons. The normalized spacial score (nSPS) is 11.7. The van der Waals surface area contributed by atoms with Gasteiger partial charge in [-0.3, -0.25) is 4.79 Å². The highest BCUT2D eigenvalue weighted by molar-refractivity contribution is 7.89. The quantitative estimate of drug-likeness (QED) is 0.723. The Kier molecular flexibility index (Phi) is 5.01. The Bertz CT molecular complexity index is 1060.